The van der Waals surface area contributed by atoms with Gasteiger partial charge in [0.15, 0.2) is 17.5 Å². The maximum atomic E-state index is 13.6. The SMILES string of the molecule is CCc1cc(C(=O)O)cc(Nc2ccc(F)c(F)c2F)n1. The van der Waals surface area contributed by atoms with Gasteiger partial charge in [0, 0.05) is 5.69 Å². The predicted octanol–water partition coefficient (Wildman–Crippen LogP) is 3.50. The standard InChI is InChI=1S/C14H11F3N2O2/c1-2-8-5-7(14(20)21)6-11(18-8)19-10-4-3-9(15)12(16)13(10)17/h3-6H,2H2,1H3,(H,18,19)(H,20,21). The summed E-state index contributed by atoms with van der Waals surface area (Å²) in [4.78, 5) is 15.1. The van der Waals surface area contributed by atoms with Crippen molar-refractivity contribution in [2.45, 2.75) is 13.3 Å². The Bertz CT molecular complexity index is 705. The summed E-state index contributed by atoms with van der Waals surface area (Å²) >= 11 is 0. The molecule has 0 amide bonds. The zero-order valence-corrected chi connectivity index (χ0v) is 11.0. The first kappa shape index (κ1) is 14.8. The molecule has 0 unspecified atom stereocenters. The third kappa shape index (κ3) is 3.13. The molecule has 0 saturated heterocycles. The van der Waals surface area contributed by atoms with E-state index in [9.17, 15) is 18.0 Å². The summed E-state index contributed by atoms with van der Waals surface area (Å²) in [7, 11) is 0. The Labute approximate surface area is 118 Å². The van der Waals surface area contributed by atoms with Gasteiger partial charge in [-0.15, -0.1) is 0 Å². The van der Waals surface area contributed by atoms with Crippen molar-refractivity contribution in [2.75, 3.05) is 5.32 Å². The van der Waals surface area contributed by atoms with Crippen molar-refractivity contribution in [3.8, 4) is 0 Å². The fourth-order valence-electron chi connectivity index (χ4n) is 1.72. The second-order valence-electron chi connectivity index (χ2n) is 4.24. The van der Waals surface area contributed by atoms with E-state index in [-0.39, 0.29) is 17.1 Å². The Morgan fingerprint density at radius 3 is 2.57 bits per heavy atom. The van der Waals surface area contributed by atoms with Crippen LogP contribution in [0.3, 0.4) is 0 Å². The maximum Gasteiger partial charge on any atom is 0.335 e. The van der Waals surface area contributed by atoms with Gasteiger partial charge in [-0.3, -0.25) is 0 Å². The molecule has 2 rings (SSSR count). The number of pyridine rings is 1. The molecule has 0 saturated carbocycles. The third-order valence-electron chi connectivity index (χ3n) is 2.79. The number of aromatic nitrogens is 1. The Hall–Kier alpha value is -2.57. The zero-order valence-electron chi connectivity index (χ0n) is 11.0. The molecule has 0 radical (unpaired) electrons. The molecule has 2 N–H and O–H groups in total. The van der Waals surface area contributed by atoms with Crippen molar-refractivity contribution in [1.82, 2.24) is 4.98 Å². The van der Waals surface area contributed by atoms with Gasteiger partial charge >= 0.3 is 5.97 Å². The van der Waals surface area contributed by atoms with E-state index in [4.69, 9.17) is 5.11 Å². The molecule has 1 heterocycles. The van der Waals surface area contributed by atoms with Crippen LogP contribution in [0, 0.1) is 17.5 Å². The molecule has 4 nitrogen and oxygen atoms in total. The first-order chi connectivity index (χ1) is 9.92. The lowest BCUT2D eigenvalue weighted by Gasteiger charge is -2.10. The number of carbonyl (C=O) groups is 1. The van der Waals surface area contributed by atoms with Crippen LogP contribution < -0.4 is 5.32 Å². The fraction of sp³-hybridized carbons (Fsp3) is 0.143. The van der Waals surface area contributed by atoms with E-state index in [1.165, 1.54) is 12.1 Å². The molecule has 0 aliphatic heterocycles. The molecule has 0 bridgehead atoms. The third-order valence-corrected chi connectivity index (χ3v) is 2.79. The molecule has 2 aromatic rings. The van der Waals surface area contributed by atoms with E-state index in [0.29, 0.717) is 12.1 Å². The number of benzene rings is 1. The molecule has 0 fully saturated rings. The summed E-state index contributed by atoms with van der Waals surface area (Å²) in [6.45, 7) is 1.77. The van der Waals surface area contributed by atoms with Crippen LogP contribution in [0.2, 0.25) is 0 Å². The quantitative estimate of drug-likeness (QED) is 0.848. The lowest BCUT2D eigenvalue weighted by atomic mass is 10.2. The van der Waals surface area contributed by atoms with Gasteiger partial charge in [-0.25, -0.2) is 22.9 Å². The normalized spacial score (nSPS) is 10.5. The maximum absolute atomic E-state index is 13.6. The largest absolute Gasteiger partial charge is 0.478 e. The lowest BCUT2D eigenvalue weighted by Crippen LogP contribution is -2.05. The molecule has 0 atom stereocenters. The molecule has 0 spiro atoms. The number of nitrogens with zero attached hydrogens (tertiary/aromatic N) is 1. The molecular weight excluding hydrogens is 285 g/mol. The highest BCUT2D eigenvalue weighted by Crippen LogP contribution is 2.23. The summed E-state index contributed by atoms with van der Waals surface area (Å²) in [5, 5.41) is 11.4. The average Bonchev–Trinajstić information content (AvgIpc) is 2.47. The average molecular weight is 296 g/mol. The number of halogens is 3. The van der Waals surface area contributed by atoms with Crippen molar-refractivity contribution >= 4 is 17.5 Å². The first-order valence-electron chi connectivity index (χ1n) is 6.07. The van der Waals surface area contributed by atoms with Gasteiger partial charge in [0.2, 0.25) is 0 Å². The number of rotatable bonds is 4. The number of nitrogens with one attached hydrogen (secondary N) is 1. The van der Waals surface area contributed by atoms with E-state index in [0.717, 1.165) is 12.1 Å². The molecule has 21 heavy (non-hydrogen) atoms. The van der Waals surface area contributed by atoms with E-state index in [1.54, 1.807) is 6.92 Å². The van der Waals surface area contributed by atoms with Gasteiger partial charge in [0.1, 0.15) is 5.82 Å². The number of aromatic carboxylic acids is 1. The van der Waals surface area contributed by atoms with Crippen LogP contribution >= 0.6 is 0 Å². The minimum absolute atomic E-state index is 0.0349. The monoisotopic (exact) mass is 296 g/mol. The number of carboxylic acids is 1. The van der Waals surface area contributed by atoms with Crippen LogP contribution in [-0.4, -0.2) is 16.1 Å². The van der Waals surface area contributed by atoms with E-state index < -0.39 is 23.4 Å². The van der Waals surface area contributed by atoms with Crippen LogP contribution in [0.5, 0.6) is 0 Å². The molecule has 1 aromatic carbocycles. The van der Waals surface area contributed by atoms with Crippen molar-refractivity contribution in [2.24, 2.45) is 0 Å². The van der Waals surface area contributed by atoms with Crippen LogP contribution in [-0.2, 0) is 6.42 Å². The highest BCUT2D eigenvalue weighted by atomic mass is 19.2. The number of hydrogen-bond acceptors (Lipinski definition) is 3. The van der Waals surface area contributed by atoms with Crippen LogP contribution in [0.1, 0.15) is 23.0 Å². The van der Waals surface area contributed by atoms with E-state index >= 15 is 0 Å². The second-order valence-corrected chi connectivity index (χ2v) is 4.24. The summed E-state index contributed by atoms with van der Waals surface area (Å²) in [6, 6.07) is 4.34. The smallest absolute Gasteiger partial charge is 0.335 e. The van der Waals surface area contributed by atoms with Gasteiger partial charge in [0.25, 0.3) is 0 Å². The summed E-state index contributed by atoms with van der Waals surface area (Å²) in [5.41, 5.74) is 0.110. The van der Waals surface area contributed by atoms with Crippen LogP contribution in [0.25, 0.3) is 0 Å². The topological polar surface area (TPSA) is 62.2 Å². The number of aryl methyl sites for hydroxylation is 1. The molecule has 1 aromatic heterocycles. The van der Waals surface area contributed by atoms with E-state index in [2.05, 4.69) is 10.3 Å². The highest BCUT2D eigenvalue weighted by molar-refractivity contribution is 5.88. The number of anilines is 2. The van der Waals surface area contributed by atoms with Gasteiger partial charge in [-0.1, -0.05) is 6.92 Å². The Balaban J connectivity index is 2.42. The van der Waals surface area contributed by atoms with Gasteiger partial charge in [-0.2, -0.15) is 0 Å². The number of hydrogen-bond donors (Lipinski definition) is 2. The Morgan fingerprint density at radius 2 is 1.95 bits per heavy atom. The van der Waals surface area contributed by atoms with Gasteiger partial charge < -0.3 is 10.4 Å². The zero-order chi connectivity index (χ0) is 15.6. The Morgan fingerprint density at radius 1 is 1.24 bits per heavy atom. The van der Waals surface area contributed by atoms with Crippen LogP contribution in [0.15, 0.2) is 24.3 Å². The molecule has 0 aliphatic carbocycles. The van der Waals surface area contributed by atoms with E-state index in [1.807, 2.05) is 0 Å². The van der Waals surface area contributed by atoms with Gasteiger partial charge in [-0.05, 0) is 30.7 Å². The van der Waals surface area contributed by atoms with Crippen molar-refractivity contribution < 1.29 is 23.1 Å². The van der Waals surface area contributed by atoms with Crippen molar-refractivity contribution in [3.05, 3.63) is 53.0 Å². The lowest BCUT2D eigenvalue weighted by molar-refractivity contribution is 0.0696. The molecule has 0 aliphatic rings. The molecule has 110 valence electrons. The van der Waals surface area contributed by atoms with Crippen molar-refractivity contribution in [3.63, 3.8) is 0 Å². The minimum atomic E-state index is -1.61. The second kappa shape index (κ2) is 5.82. The van der Waals surface area contributed by atoms with Gasteiger partial charge in [0.05, 0.1) is 11.3 Å². The highest BCUT2D eigenvalue weighted by Gasteiger charge is 2.15. The summed E-state index contributed by atoms with van der Waals surface area (Å²) in [6.07, 6.45) is 0.468. The first-order valence-corrected chi connectivity index (χ1v) is 6.07. The molecule has 7 heteroatoms. The predicted molar refractivity (Wildman–Crippen MR) is 70.2 cm³/mol. The fourth-order valence-corrected chi connectivity index (χ4v) is 1.72. The summed E-state index contributed by atoms with van der Waals surface area (Å²) < 4.78 is 39.6. The van der Waals surface area contributed by atoms with Crippen molar-refractivity contribution in [1.29, 1.82) is 0 Å². The summed E-state index contributed by atoms with van der Waals surface area (Å²) in [5.74, 6) is -5.43. The molecular formula is C14H11F3N2O2. The van der Waals surface area contributed by atoms with Crippen LogP contribution in [0.4, 0.5) is 24.7 Å². The number of carboxylic acid groups (broad SMARTS) is 1. The Kier molecular flexibility index (Phi) is 4.11. The minimum Gasteiger partial charge on any atom is -0.478 e.